The van der Waals surface area contributed by atoms with E-state index in [1.165, 1.54) is 26.4 Å². The van der Waals surface area contributed by atoms with Crippen LogP contribution < -0.4 is 0 Å². The molecule has 1 aliphatic heterocycles. The van der Waals surface area contributed by atoms with E-state index in [1.54, 1.807) is 11.0 Å². The number of benzene rings is 2. The van der Waals surface area contributed by atoms with Gasteiger partial charge in [0.2, 0.25) is 0 Å². The Morgan fingerprint density at radius 2 is 1.64 bits per heavy atom. The Morgan fingerprint density at radius 3 is 2.23 bits per heavy atom. The number of halogens is 3. The van der Waals surface area contributed by atoms with Crippen LogP contribution in [0.5, 0.6) is 0 Å². The van der Waals surface area contributed by atoms with Gasteiger partial charge in [0.15, 0.2) is 0 Å². The fourth-order valence-electron chi connectivity index (χ4n) is 5.74. The maximum absolute atomic E-state index is 13.5. The van der Waals surface area contributed by atoms with E-state index in [1.807, 2.05) is 30.3 Å². The number of ether oxygens (including phenoxy) is 2. The quantitative estimate of drug-likeness (QED) is 0.405. The molecule has 2 aromatic carbocycles. The maximum Gasteiger partial charge on any atom is 0.416 e. The second-order valence-electron chi connectivity index (χ2n) is 9.59. The van der Waals surface area contributed by atoms with Crippen LogP contribution in [-0.2, 0) is 31.8 Å². The lowest BCUT2D eigenvalue weighted by atomic mass is 9.61. The summed E-state index contributed by atoms with van der Waals surface area (Å²) in [5.41, 5.74) is 0.570. The number of piperidine rings is 1. The normalized spacial score (nSPS) is 26.8. The Bertz CT molecular complexity index is 1350. The minimum Gasteiger partial charge on any atom is -0.468 e. The van der Waals surface area contributed by atoms with E-state index < -0.39 is 59.4 Å². The SMILES string of the molecule is COC(=O)C1CC2C(=CC(c3cccc(C(F)(F)F)c3)C(C#N)C2C#N)C(C(=O)OC)N1Cc1ccccc1. The zero-order valence-corrected chi connectivity index (χ0v) is 21.3. The van der Waals surface area contributed by atoms with Crippen LogP contribution in [0.4, 0.5) is 13.2 Å². The van der Waals surface area contributed by atoms with Gasteiger partial charge in [0.25, 0.3) is 0 Å². The van der Waals surface area contributed by atoms with Crippen molar-refractivity contribution in [2.75, 3.05) is 14.2 Å². The van der Waals surface area contributed by atoms with Crippen LogP contribution in [0.1, 0.15) is 29.0 Å². The summed E-state index contributed by atoms with van der Waals surface area (Å²) in [6.45, 7) is 0.164. The number of allylic oxidation sites excluding steroid dienone is 1. The third-order valence-electron chi connectivity index (χ3n) is 7.54. The summed E-state index contributed by atoms with van der Waals surface area (Å²) in [6, 6.07) is 16.0. The Morgan fingerprint density at radius 1 is 0.974 bits per heavy atom. The second-order valence-corrected chi connectivity index (χ2v) is 9.59. The van der Waals surface area contributed by atoms with E-state index >= 15 is 0 Å². The van der Waals surface area contributed by atoms with Gasteiger partial charge >= 0.3 is 18.1 Å². The molecule has 2 aliphatic rings. The Kier molecular flexibility index (Phi) is 8.08. The van der Waals surface area contributed by atoms with E-state index in [0.29, 0.717) is 5.57 Å². The number of nitriles is 2. The van der Waals surface area contributed by atoms with Gasteiger partial charge in [-0.3, -0.25) is 9.69 Å². The lowest BCUT2D eigenvalue weighted by Crippen LogP contribution is -2.59. The molecule has 4 rings (SSSR count). The van der Waals surface area contributed by atoms with Crippen molar-refractivity contribution in [1.82, 2.24) is 4.90 Å². The first-order valence-electron chi connectivity index (χ1n) is 12.3. The number of rotatable bonds is 5. The van der Waals surface area contributed by atoms with Gasteiger partial charge in [-0.1, -0.05) is 54.6 Å². The van der Waals surface area contributed by atoms with Crippen molar-refractivity contribution in [2.45, 2.75) is 37.1 Å². The third kappa shape index (κ3) is 5.39. The first-order valence-corrected chi connectivity index (χ1v) is 12.3. The molecule has 0 amide bonds. The van der Waals surface area contributed by atoms with Gasteiger partial charge in [-0.05, 0) is 29.2 Å². The average Bonchev–Trinajstić information content (AvgIpc) is 2.95. The summed E-state index contributed by atoms with van der Waals surface area (Å²) < 4.78 is 50.7. The third-order valence-corrected chi connectivity index (χ3v) is 7.54. The van der Waals surface area contributed by atoms with Crippen molar-refractivity contribution in [3.05, 3.63) is 82.9 Å². The number of alkyl halides is 3. The zero-order chi connectivity index (χ0) is 28.3. The number of fused-ring (bicyclic) bond motifs is 1. The summed E-state index contributed by atoms with van der Waals surface area (Å²) in [7, 11) is 2.43. The molecule has 0 N–H and O–H groups in total. The molecule has 1 fully saturated rings. The Labute approximate surface area is 224 Å². The average molecular weight is 538 g/mol. The number of carbonyl (C=O) groups is 2. The summed E-state index contributed by atoms with van der Waals surface area (Å²) in [5.74, 6) is -4.89. The minimum atomic E-state index is -4.60. The predicted octanol–water partition coefficient (Wildman–Crippen LogP) is 4.61. The van der Waals surface area contributed by atoms with E-state index in [4.69, 9.17) is 9.47 Å². The van der Waals surface area contributed by atoms with Crippen LogP contribution in [0.25, 0.3) is 0 Å². The number of hydrogen-bond acceptors (Lipinski definition) is 7. The molecule has 202 valence electrons. The van der Waals surface area contributed by atoms with Gasteiger partial charge in [-0.2, -0.15) is 23.7 Å². The van der Waals surface area contributed by atoms with Gasteiger partial charge in [-0.25, -0.2) is 4.79 Å². The van der Waals surface area contributed by atoms with Crippen LogP contribution in [0.15, 0.2) is 66.2 Å². The van der Waals surface area contributed by atoms with E-state index in [2.05, 4.69) is 12.1 Å². The lowest BCUT2D eigenvalue weighted by molar-refractivity contribution is -0.157. The highest BCUT2D eigenvalue weighted by molar-refractivity contribution is 5.83. The molecule has 0 radical (unpaired) electrons. The molecule has 0 aromatic heterocycles. The summed E-state index contributed by atoms with van der Waals surface area (Å²) in [6.07, 6.45) is -2.89. The molecule has 0 spiro atoms. The molecule has 39 heavy (non-hydrogen) atoms. The molecule has 7 nitrogen and oxygen atoms in total. The van der Waals surface area contributed by atoms with Crippen molar-refractivity contribution in [3.63, 3.8) is 0 Å². The smallest absolute Gasteiger partial charge is 0.416 e. The molecule has 6 unspecified atom stereocenters. The van der Waals surface area contributed by atoms with Crippen molar-refractivity contribution >= 4 is 11.9 Å². The van der Waals surface area contributed by atoms with E-state index in [9.17, 15) is 33.3 Å². The van der Waals surface area contributed by atoms with E-state index in [-0.39, 0.29) is 18.5 Å². The molecule has 1 aliphatic carbocycles. The number of carbonyl (C=O) groups excluding carboxylic acids is 2. The first-order chi connectivity index (χ1) is 18.6. The topological polar surface area (TPSA) is 103 Å². The van der Waals surface area contributed by atoms with E-state index in [0.717, 1.165) is 17.7 Å². The Balaban J connectivity index is 1.90. The summed E-state index contributed by atoms with van der Waals surface area (Å²) in [4.78, 5) is 27.9. The fraction of sp³-hybridized carbons (Fsp3) is 0.379. The number of hydrogen-bond donors (Lipinski definition) is 0. The number of likely N-dealkylation sites (tertiary alicyclic amines) is 1. The lowest BCUT2D eigenvalue weighted by Gasteiger charge is -2.48. The standard InChI is InChI=1S/C29H26F3N3O4/c1-38-27(36)25-13-21-22(26(28(37)39-2)35(25)16-17-7-4-3-5-8-17)12-20(23(14-33)24(21)15-34)18-9-6-10-19(11-18)29(30,31)32/h3-12,20-21,23-26H,13,16H2,1-2H3. The Hall–Kier alpha value is -4.15. The molecule has 10 heteroatoms. The molecular weight excluding hydrogens is 511 g/mol. The highest BCUT2D eigenvalue weighted by atomic mass is 19.4. The molecule has 0 saturated carbocycles. The van der Waals surface area contributed by atoms with Crippen LogP contribution in [-0.4, -0.2) is 43.1 Å². The van der Waals surface area contributed by atoms with Crippen molar-refractivity contribution < 1.29 is 32.2 Å². The van der Waals surface area contributed by atoms with Crippen molar-refractivity contribution in [2.24, 2.45) is 17.8 Å². The number of esters is 2. The van der Waals surface area contributed by atoms with Gasteiger partial charge < -0.3 is 9.47 Å². The van der Waals surface area contributed by atoms with Crippen LogP contribution in [0.3, 0.4) is 0 Å². The number of methoxy groups -OCH3 is 2. The maximum atomic E-state index is 13.5. The summed E-state index contributed by atoms with van der Waals surface area (Å²) >= 11 is 0. The van der Waals surface area contributed by atoms with Gasteiger partial charge in [0.1, 0.15) is 12.1 Å². The highest BCUT2D eigenvalue weighted by Gasteiger charge is 2.53. The van der Waals surface area contributed by atoms with Gasteiger partial charge in [0.05, 0.1) is 43.8 Å². The van der Waals surface area contributed by atoms with Crippen LogP contribution in [0.2, 0.25) is 0 Å². The summed E-state index contributed by atoms with van der Waals surface area (Å²) in [5, 5.41) is 20.3. The van der Waals surface area contributed by atoms with Gasteiger partial charge in [-0.15, -0.1) is 0 Å². The van der Waals surface area contributed by atoms with Crippen LogP contribution in [0, 0.1) is 40.4 Å². The molecule has 2 aromatic rings. The van der Waals surface area contributed by atoms with Crippen molar-refractivity contribution in [1.29, 1.82) is 10.5 Å². The first kappa shape index (κ1) is 27.9. The van der Waals surface area contributed by atoms with Crippen LogP contribution >= 0.6 is 0 Å². The molecular formula is C29H26F3N3O4. The zero-order valence-electron chi connectivity index (χ0n) is 21.3. The molecule has 6 atom stereocenters. The van der Waals surface area contributed by atoms with Crippen molar-refractivity contribution in [3.8, 4) is 12.1 Å². The number of nitrogens with zero attached hydrogens (tertiary/aromatic N) is 3. The predicted molar refractivity (Wildman–Crippen MR) is 132 cm³/mol. The highest BCUT2D eigenvalue weighted by Crippen LogP contribution is 2.50. The molecule has 1 heterocycles. The monoisotopic (exact) mass is 537 g/mol. The second kappa shape index (κ2) is 11.3. The fourth-order valence-corrected chi connectivity index (χ4v) is 5.74. The van der Waals surface area contributed by atoms with Gasteiger partial charge in [0, 0.05) is 18.4 Å². The largest absolute Gasteiger partial charge is 0.468 e. The molecule has 1 saturated heterocycles. The molecule has 0 bridgehead atoms. The minimum absolute atomic E-state index is 0.0878.